The van der Waals surface area contributed by atoms with E-state index < -0.39 is 0 Å². The summed E-state index contributed by atoms with van der Waals surface area (Å²) in [5, 5.41) is 4.70. The molecule has 2 aromatic carbocycles. The smallest absolute Gasteiger partial charge is 0.0713 e. The first-order valence-corrected chi connectivity index (χ1v) is 6.73. The monoisotopic (exact) mass is 266 g/mol. The highest BCUT2D eigenvalue weighted by Gasteiger charge is 1.99. The zero-order valence-electron chi connectivity index (χ0n) is 11.5. The van der Waals surface area contributed by atoms with E-state index in [1.807, 2.05) is 12.3 Å². The Morgan fingerprint density at radius 2 is 2.00 bits per heavy atom. The molecule has 2 N–H and O–H groups in total. The summed E-state index contributed by atoms with van der Waals surface area (Å²) in [6.07, 6.45) is 1.97. The molecule has 0 atom stereocenters. The van der Waals surface area contributed by atoms with Crippen LogP contribution in [0.25, 0.3) is 10.9 Å². The molecule has 0 spiro atoms. The second-order valence-corrected chi connectivity index (χ2v) is 4.89. The Bertz CT molecular complexity index is 703. The van der Waals surface area contributed by atoms with Crippen LogP contribution < -0.4 is 5.32 Å². The maximum atomic E-state index is 5.15. The van der Waals surface area contributed by atoms with Gasteiger partial charge in [-0.25, -0.2) is 0 Å². The fraction of sp³-hybridized carbons (Fsp3) is 0.176. The van der Waals surface area contributed by atoms with E-state index in [1.165, 1.54) is 22.0 Å². The van der Waals surface area contributed by atoms with Crippen LogP contribution >= 0.6 is 0 Å². The van der Waals surface area contributed by atoms with Gasteiger partial charge >= 0.3 is 0 Å². The Balaban J connectivity index is 1.70. The number of aromatic nitrogens is 1. The third-order valence-electron chi connectivity index (χ3n) is 3.35. The lowest BCUT2D eigenvalue weighted by molar-refractivity contribution is 0.185. The standard InChI is InChI=1S/C17H18N2O/c1-20-12-14-3-2-4-16(10-14)19-11-13-5-6-17-15(9-13)7-8-18-17/h2-10,18-19H,11-12H2,1H3. The topological polar surface area (TPSA) is 37.0 Å². The first-order valence-electron chi connectivity index (χ1n) is 6.73. The molecule has 0 saturated carbocycles. The van der Waals surface area contributed by atoms with Gasteiger partial charge in [-0.05, 0) is 46.8 Å². The Kier molecular flexibility index (Phi) is 3.70. The molecule has 3 nitrogen and oxygen atoms in total. The minimum absolute atomic E-state index is 0.644. The summed E-state index contributed by atoms with van der Waals surface area (Å²) in [5.74, 6) is 0. The highest BCUT2D eigenvalue weighted by molar-refractivity contribution is 5.79. The average molecular weight is 266 g/mol. The quantitative estimate of drug-likeness (QED) is 0.734. The van der Waals surface area contributed by atoms with Gasteiger partial charge in [0.25, 0.3) is 0 Å². The van der Waals surface area contributed by atoms with Crippen LogP contribution in [0.4, 0.5) is 5.69 Å². The molecule has 0 unspecified atom stereocenters. The maximum Gasteiger partial charge on any atom is 0.0713 e. The first-order chi connectivity index (χ1) is 9.85. The summed E-state index contributed by atoms with van der Waals surface area (Å²) in [5.41, 5.74) is 4.75. The molecule has 3 aromatic rings. The molecule has 0 fully saturated rings. The third-order valence-corrected chi connectivity index (χ3v) is 3.35. The number of rotatable bonds is 5. The number of hydrogen-bond acceptors (Lipinski definition) is 2. The van der Waals surface area contributed by atoms with Crippen molar-refractivity contribution in [3.05, 3.63) is 65.9 Å². The van der Waals surface area contributed by atoms with Crippen molar-refractivity contribution >= 4 is 16.6 Å². The number of hydrogen-bond donors (Lipinski definition) is 2. The van der Waals surface area contributed by atoms with Crippen LogP contribution in [0.1, 0.15) is 11.1 Å². The average Bonchev–Trinajstić information content (AvgIpc) is 2.93. The van der Waals surface area contributed by atoms with Gasteiger partial charge in [0.05, 0.1) is 6.61 Å². The molecule has 0 bridgehead atoms. The van der Waals surface area contributed by atoms with Gasteiger partial charge in [-0.15, -0.1) is 0 Å². The Morgan fingerprint density at radius 1 is 1.05 bits per heavy atom. The van der Waals surface area contributed by atoms with Crippen LogP contribution in [0.2, 0.25) is 0 Å². The van der Waals surface area contributed by atoms with Crippen molar-refractivity contribution in [2.45, 2.75) is 13.2 Å². The number of fused-ring (bicyclic) bond motifs is 1. The molecule has 0 radical (unpaired) electrons. The van der Waals surface area contributed by atoms with Gasteiger partial charge in [-0.3, -0.25) is 0 Å². The molecule has 102 valence electrons. The van der Waals surface area contributed by atoms with E-state index in [2.05, 4.69) is 52.8 Å². The van der Waals surface area contributed by atoms with Crippen molar-refractivity contribution in [1.82, 2.24) is 4.98 Å². The largest absolute Gasteiger partial charge is 0.381 e. The van der Waals surface area contributed by atoms with Crippen LogP contribution in [-0.4, -0.2) is 12.1 Å². The number of anilines is 1. The fourth-order valence-corrected chi connectivity index (χ4v) is 2.35. The van der Waals surface area contributed by atoms with Crippen molar-refractivity contribution in [2.24, 2.45) is 0 Å². The summed E-state index contributed by atoms with van der Waals surface area (Å²) >= 11 is 0. The highest BCUT2D eigenvalue weighted by Crippen LogP contribution is 2.16. The molecule has 0 aliphatic heterocycles. The minimum atomic E-state index is 0.644. The van der Waals surface area contributed by atoms with E-state index in [1.54, 1.807) is 7.11 Å². The molecular weight excluding hydrogens is 248 g/mol. The van der Waals surface area contributed by atoms with E-state index in [4.69, 9.17) is 4.74 Å². The van der Waals surface area contributed by atoms with Gasteiger partial charge in [0.2, 0.25) is 0 Å². The molecule has 3 rings (SSSR count). The van der Waals surface area contributed by atoms with Crippen LogP contribution in [0, 0.1) is 0 Å². The zero-order chi connectivity index (χ0) is 13.8. The van der Waals surface area contributed by atoms with E-state index in [-0.39, 0.29) is 0 Å². The Morgan fingerprint density at radius 3 is 2.90 bits per heavy atom. The molecule has 0 amide bonds. The second-order valence-electron chi connectivity index (χ2n) is 4.89. The first kappa shape index (κ1) is 12.8. The van der Waals surface area contributed by atoms with Gasteiger partial charge in [0.1, 0.15) is 0 Å². The number of benzene rings is 2. The highest BCUT2D eigenvalue weighted by atomic mass is 16.5. The zero-order valence-corrected chi connectivity index (χ0v) is 11.5. The van der Waals surface area contributed by atoms with Gasteiger partial charge < -0.3 is 15.0 Å². The Hall–Kier alpha value is -2.26. The minimum Gasteiger partial charge on any atom is -0.381 e. The number of nitrogens with one attached hydrogen (secondary N) is 2. The van der Waals surface area contributed by atoms with Crippen LogP contribution in [0.15, 0.2) is 54.7 Å². The van der Waals surface area contributed by atoms with E-state index in [0.717, 1.165) is 12.2 Å². The van der Waals surface area contributed by atoms with Crippen LogP contribution in [-0.2, 0) is 17.9 Å². The third kappa shape index (κ3) is 2.83. The lowest BCUT2D eigenvalue weighted by Gasteiger charge is -2.08. The van der Waals surface area contributed by atoms with Crippen molar-refractivity contribution in [1.29, 1.82) is 0 Å². The van der Waals surface area contributed by atoms with E-state index >= 15 is 0 Å². The number of aromatic amines is 1. The second kappa shape index (κ2) is 5.80. The van der Waals surface area contributed by atoms with Crippen LogP contribution in [0.3, 0.4) is 0 Å². The maximum absolute atomic E-state index is 5.15. The summed E-state index contributed by atoms with van der Waals surface area (Å²) in [6.45, 7) is 1.46. The predicted molar refractivity (Wildman–Crippen MR) is 82.8 cm³/mol. The van der Waals surface area contributed by atoms with Crippen LogP contribution in [0.5, 0.6) is 0 Å². The van der Waals surface area contributed by atoms with Gasteiger partial charge in [-0.1, -0.05) is 18.2 Å². The molecule has 1 aromatic heterocycles. The van der Waals surface area contributed by atoms with E-state index in [9.17, 15) is 0 Å². The fourth-order valence-electron chi connectivity index (χ4n) is 2.35. The van der Waals surface area contributed by atoms with Crippen molar-refractivity contribution in [3.8, 4) is 0 Å². The van der Waals surface area contributed by atoms with Gasteiger partial charge in [0, 0.05) is 31.1 Å². The molecular formula is C17H18N2O. The summed E-state index contributed by atoms with van der Waals surface area (Å²) in [6, 6.07) is 16.9. The lowest BCUT2D eigenvalue weighted by atomic mass is 10.1. The number of methoxy groups -OCH3 is 1. The van der Waals surface area contributed by atoms with Crippen molar-refractivity contribution < 1.29 is 4.74 Å². The lowest BCUT2D eigenvalue weighted by Crippen LogP contribution is -2.00. The van der Waals surface area contributed by atoms with Crippen molar-refractivity contribution in [3.63, 3.8) is 0 Å². The molecule has 3 heteroatoms. The Labute approximate surface area is 118 Å². The van der Waals surface area contributed by atoms with Gasteiger partial charge in [0.15, 0.2) is 0 Å². The molecule has 0 aliphatic rings. The predicted octanol–water partition coefficient (Wildman–Crippen LogP) is 3.93. The normalized spacial score (nSPS) is 10.8. The van der Waals surface area contributed by atoms with Crippen molar-refractivity contribution in [2.75, 3.05) is 12.4 Å². The summed E-state index contributed by atoms with van der Waals surface area (Å²) in [4.78, 5) is 3.21. The SMILES string of the molecule is COCc1cccc(NCc2ccc3[nH]ccc3c2)c1. The molecule has 0 saturated heterocycles. The summed E-state index contributed by atoms with van der Waals surface area (Å²) in [7, 11) is 1.71. The van der Waals surface area contributed by atoms with Gasteiger partial charge in [-0.2, -0.15) is 0 Å². The molecule has 1 heterocycles. The molecule has 20 heavy (non-hydrogen) atoms. The number of ether oxygens (including phenoxy) is 1. The molecule has 0 aliphatic carbocycles. The van der Waals surface area contributed by atoms with E-state index in [0.29, 0.717) is 6.61 Å². The number of H-pyrrole nitrogens is 1. The summed E-state index contributed by atoms with van der Waals surface area (Å²) < 4.78 is 5.15.